The molecule has 7 nitrogen and oxygen atoms in total. The highest BCUT2D eigenvalue weighted by Gasteiger charge is 2.50. The van der Waals surface area contributed by atoms with Gasteiger partial charge in [-0.2, -0.15) is 0 Å². The summed E-state index contributed by atoms with van der Waals surface area (Å²) in [6, 6.07) is 8.29. The van der Waals surface area contributed by atoms with Gasteiger partial charge in [0.15, 0.2) is 6.61 Å². The Morgan fingerprint density at radius 2 is 1.70 bits per heavy atom. The average Bonchev–Trinajstić information content (AvgIpc) is 2.95. The number of amides is 3. The maximum absolute atomic E-state index is 12.5. The SMILES string of the molecule is C[C@@H](C(=O)OCC(=O)NCc1ccccc1)N1C(=O)[C@@H]2CC=CC[C@H]2C1=O. The Hall–Kier alpha value is -2.96. The molecule has 1 aromatic carbocycles. The number of imide groups is 1. The van der Waals surface area contributed by atoms with Crippen molar-refractivity contribution in [2.45, 2.75) is 32.4 Å². The number of allylic oxidation sites excluding steroid dienone is 2. The van der Waals surface area contributed by atoms with Gasteiger partial charge in [0.2, 0.25) is 11.8 Å². The van der Waals surface area contributed by atoms with Crippen LogP contribution in [0.1, 0.15) is 25.3 Å². The summed E-state index contributed by atoms with van der Waals surface area (Å²) in [7, 11) is 0. The Morgan fingerprint density at radius 3 is 2.30 bits per heavy atom. The molecule has 0 bridgehead atoms. The van der Waals surface area contributed by atoms with Crippen molar-refractivity contribution >= 4 is 23.7 Å². The number of carbonyl (C=O) groups excluding carboxylic acids is 4. The van der Waals surface area contributed by atoms with Gasteiger partial charge in [-0.15, -0.1) is 0 Å². The van der Waals surface area contributed by atoms with Crippen LogP contribution in [0, 0.1) is 11.8 Å². The van der Waals surface area contributed by atoms with Crippen molar-refractivity contribution in [1.82, 2.24) is 10.2 Å². The van der Waals surface area contributed by atoms with Crippen LogP contribution in [0.5, 0.6) is 0 Å². The first-order chi connectivity index (χ1) is 13.0. The van der Waals surface area contributed by atoms with Crippen LogP contribution in [0.25, 0.3) is 0 Å². The van der Waals surface area contributed by atoms with Crippen LogP contribution in [0.15, 0.2) is 42.5 Å². The highest BCUT2D eigenvalue weighted by Crippen LogP contribution is 2.36. The maximum atomic E-state index is 12.5. The van der Waals surface area contributed by atoms with Crippen LogP contribution in [-0.2, 0) is 30.5 Å². The molecule has 1 fully saturated rings. The molecule has 27 heavy (non-hydrogen) atoms. The number of nitrogens with zero attached hydrogens (tertiary/aromatic N) is 1. The van der Waals surface area contributed by atoms with E-state index in [1.165, 1.54) is 6.92 Å². The number of carbonyl (C=O) groups is 4. The van der Waals surface area contributed by atoms with E-state index in [-0.39, 0.29) is 11.8 Å². The van der Waals surface area contributed by atoms with Crippen molar-refractivity contribution in [3.63, 3.8) is 0 Å². The highest BCUT2D eigenvalue weighted by molar-refractivity contribution is 6.08. The number of hydrogen-bond donors (Lipinski definition) is 1. The summed E-state index contributed by atoms with van der Waals surface area (Å²) in [5, 5.41) is 2.65. The molecule has 0 aromatic heterocycles. The fourth-order valence-corrected chi connectivity index (χ4v) is 3.42. The van der Waals surface area contributed by atoms with E-state index >= 15 is 0 Å². The van der Waals surface area contributed by atoms with Gasteiger partial charge in [0.1, 0.15) is 6.04 Å². The lowest BCUT2D eigenvalue weighted by Gasteiger charge is -2.21. The first-order valence-corrected chi connectivity index (χ1v) is 8.98. The largest absolute Gasteiger partial charge is 0.454 e. The molecule has 142 valence electrons. The third kappa shape index (κ3) is 4.07. The molecule has 3 rings (SSSR count). The fraction of sp³-hybridized carbons (Fsp3) is 0.400. The lowest BCUT2D eigenvalue weighted by atomic mass is 9.85. The van der Waals surface area contributed by atoms with E-state index in [2.05, 4.69) is 5.32 Å². The summed E-state index contributed by atoms with van der Waals surface area (Å²) in [5.41, 5.74) is 0.926. The van der Waals surface area contributed by atoms with Crippen LogP contribution in [0.2, 0.25) is 0 Å². The molecule has 1 N–H and O–H groups in total. The van der Waals surface area contributed by atoms with Crippen LogP contribution in [-0.4, -0.2) is 41.2 Å². The molecular weight excluding hydrogens is 348 g/mol. The Kier molecular flexibility index (Phi) is 5.69. The Bertz CT molecular complexity index is 748. The number of ether oxygens (including phenoxy) is 1. The quantitative estimate of drug-likeness (QED) is 0.461. The van der Waals surface area contributed by atoms with Crippen molar-refractivity contribution in [3.8, 4) is 0 Å². The zero-order valence-corrected chi connectivity index (χ0v) is 15.1. The average molecular weight is 370 g/mol. The lowest BCUT2D eigenvalue weighted by Crippen LogP contribution is -2.45. The van der Waals surface area contributed by atoms with Crippen LogP contribution < -0.4 is 5.32 Å². The summed E-state index contributed by atoms with van der Waals surface area (Å²) in [6.45, 7) is 1.32. The first-order valence-electron chi connectivity index (χ1n) is 8.98. The number of rotatable bonds is 6. The summed E-state index contributed by atoms with van der Waals surface area (Å²) in [6.07, 6.45) is 4.79. The fourth-order valence-electron chi connectivity index (χ4n) is 3.42. The third-order valence-electron chi connectivity index (χ3n) is 4.95. The van der Waals surface area contributed by atoms with Crippen LogP contribution in [0.3, 0.4) is 0 Å². The zero-order chi connectivity index (χ0) is 19.4. The van der Waals surface area contributed by atoms with E-state index in [1.54, 1.807) is 0 Å². The van der Waals surface area contributed by atoms with Crippen molar-refractivity contribution in [2.24, 2.45) is 11.8 Å². The minimum Gasteiger partial charge on any atom is -0.454 e. The number of fused-ring (bicyclic) bond motifs is 1. The standard InChI is InChI=1S/C20H22N2O5/c1-13(22-18(24)15-9-5-6-10-16(15)19(22)25)20(26)27-12-17(23)21-11-14-7-3-2-4-8-14/h2-8,13,15-16H,9-12H2,1H3,(H,21,23)/t13-,15+,16+/m0/s1. The van der Waals surface area contributed by atoms with Gasteiger partial charge in [-0.3, -0.25) is 19.3 Å². The molecule has 0 unspecified atom stereocenters. The molecule has 0 spiro atoms. The van der Waals surface area contributed by atoms with E-state index in [0.29, 0.717) is 19.4 Å². The molecular formula is C20H22N2O5. The van der Waals surface area contributed by atoms with Crippen LogP contribution in [0.4, 0.5) is 0 Å². The van der Waals surface area contributed by atoms with Gasteiger partial charge >= 0.3 is 5.97 Å². The smallest absolute Gasteiger partial charge is 0.329 e. The molecule has 3 atom stereocenters. The molecule has 0 radical (unpaired) electrons. The molecule has 2 aliphatic rings. The normalized spacial score (nSPS) is 22.3. The summed E-state index contributed by atoms with van der Waals surface area (Å²) in [5.74, 6) is -2.69. The van der Waals surface area contributed by atoms with Gasteiger partial charge in [0.25, 0.3) is 5.91 Å². The number of nitrogens with one attached hydrogen (secondary N) is 1. The molecule has 7 heteroatoms. The van der Waals surface area contributed by atoms with Crippen LogP contribution >= 0.6 is 0 Å². The number of hydrogen-bond acceptors (Lipinski definition) is 5. The molecule has 1 saturated heterocycles. The molecule has 0 saturated carbocycles. The summed E-state index contributed by atoms with van der Waals surface area (Å²) >= 11 is 0. The second-order valence-corrected chi connectivity index (χ2v) is 6.75. The van der Waals surface area contributed by atoms with E-state index < -0.39 is 36.4 Å². The predicted octanol–water partition coefficient (Wildman–Crippen LogP) is 1.19. The maximum Gasteiger partial charge on any atom is 0.329 e. The van der Waals surface area contributed by atoms with Crippen molar-refractivity contribution < 1.29 is 23.9 Å². The molecule has 1 aliphatic carbocycles. The number of esters is 1. The lowest BCUT2D eigenvalue weighted by molar-refractivity contribution is -0.159. The van der Waals surface area contributed by atoms with Gasteiger partial charge in [-0.05, 0) is 25.3 Å². The second kappa shape index (κ2) is 8.16. The zero-order valence-electron chi connectivity index (χ0n) is 15.1. The van der Waals surface area contributed by atoms with E-state index in [9.17, 15) is 19.2 Å². The van der Waals surface area contributed by atoms with E-state index in [1.807, 2.05) is 42.5 Å². The molecule has 1 heterocycles. The van der Waals surface area contributed by atoms with Gasteiger partial charge in [-0.1, -0.05) is 42.5 Å². The Morgan fingerprint density at radius 1 is 1.11 bits per heavy atom. The highest BCUT2D eigenvalue weighted by atomic mass is 16.5. The van der Waals surface area contributed by atoms with Crippen molar-refractivity contribution in [3.05, 3.63) is 48.0 Å². The van der Waals surface area contributed by atoms with Gasteiger partial charge in [0.05, 0.1) is 11.8 Å². The molecule has 1 aliphatic heterocycles. The number of benzene rings is 1. The second-order valence-electron chi connectivity index (χ2n) is 6.75. The van der Waals surface area contributed by atoms with Gasteiger partial charge in [-0.25, -0.2) is 4.79 Å². The minimum absolute atomic E-state index is 0.326. The first kappa shape index (κ1) is 18.8. The van der Waals surface area contributed by atoms with E-state index in [0.717, 1.165) is 10.5 Å². The van der Waals surface area contributed by atoms with E-state index in [4.69, 9.17) is 4.74 Å². The number of likely N-dealkylation sites (tertiary alicyclic amines) is 1. The summed E-state index contributed by atoms with van der Waals surface area (Å²) in [4.78, 5) is 50.0. The van der Waals surface area contributed by atoms with Gasteiger partial charge < -0.3 is 10.1 Å². The monoisotopic (exact) mass is 370 g/mol. The summed E-state index contributed by atoms with van der Waals surface area (Å²) < 4.78 is 5.00. The topological polar surface area (TPSA) is 92.8 Å². The van der Waals surface area contributed by atoms with Crippen molar-refractivity contribution in [1.29, 1.82) is 0 Å². The molecule has 1 aromatic rings. The van der Waals surface area contributed by atoms with Gasteiger partial charge in [0, 0.05) is 6.54 Å². The third-order valence-corrected chi connectivity index (χ3v) is 4.95. The predicted molar refractivity (Wildman–Crippen MR) is 95.9 cm³/mol. The Labute approximate surface area is 157 Å². The Balaban J connectivity index is 1.50. The molecule has 3 amide bonds. The minimum atomic E-state index is -1.04. The van der Waals surface area contributed by atoms with Crippen molar-refractivity contribution in [2.75, 3.05) is 6.61 Å².